The Morgan fingerprint density at radius 1 is 1.67 bits per heavy atom. The van der Waals surface area contributed by atoms with Gasteiger partial charge in [-0.25, -0.2) is 0 Å². The molecule has 0 aliphatic carbocycles. The van der Waals surface area contributed by atoms with E-state index < -0.39 is 0 Å². The van der Waals surface area contributed by atoms with Gasteiger partial charge < -0.3 is 11.5 Å². The molecule has 0 aromatic carbocycles. The molecule has 0 radical (unpaired) electrons. The molecule has 3 heteroatoms. The third-order valence-corrected chi connectivity index (χ3v) is 1.61. The van der Waals surface area contributed by atoms with E-state index >= 15 is 0 Å². The van der Waals surface area contributed by atoms with E-state index in [0.29, 0.717) is 5.69 Å². The summed E-state index contributed by atoms with van der Waals surface area (Å²) >= 11 is 0. The van der Waals surface area contributed by atoms with Crippen molar-refractivity contribution in [2.75, 3.05) is 5.73 Å². The predicted molar refractivity (Wildman–Crippen MR) is 50.4 cm³/mol. The fourth-order valence-corrected chi connectivity index (χ4v) is 0.969. The lowest BCUT2D eigenvalue weighted by Gasteiger charge is -2.07. The number of pyridine rings is 1. The molecule has 0 saturated carbocycles. The zero-order valence-electron chi connectivity index (χ0n) is 6.90. The summed E-state index contributed by atoms with van der Waals surface area (Å²) in [6.07, 6.45) is 4.15. The monoisotopic (exact) mass is 163 g/mol. The zero-order valence-corrected chi connectivity index (χ0v) is 6.90. The third-order valence-electron chi connectivity index (χ3n) is 1.61. The van der Waals surface area contributed by atoms with Gasteiger partial charge in [0.25, 0.3) is 0 Å². The van der Waals surface area contributed by atoms with Crippen LogP contribution < -0.4 is 11.5 Å². The maximum Gasteiger partial charge on any atom is 0.0594 e. The molecule has 0 spiro atoms. The molecule has 1 rings (SSSR count). The summed E-state index contributed by atoms with van der Waals surface area (Å²) in [5.41, 5.74) is 12.9. The van der Waals surface area contributed by atoms with Crippen LogP contribution in [0.4, 0.5) is 5.69 Å². The van der Waals surface area contributed by atoms with E-state index in [1.54, 1.807) is 24.4 Å². The molecule has 3 nitrogen and oxygen atoms in total. The van der Waals surface area contributed by atoms with E-state index in [2.05, 4.69) is 11.6 Å². The Labute approximate surface area is 72.1 Å². The number of hydrogen-bond acceptors (Lipinski definition) is 3. The highest BCUT2D eigenvalue weighted by Crippen LogP contribution is 2.13. The molecule has 1 atom stereocenters. The summed E-state index contributed by atoms with van der Waals surface area (Å²) in [7, 11) is 0. The Balaban J connectivity index is 2.80. The minimum atomic E-state index is -0.0917. The Morgan fingerprint density at radius 2 is 2.42 bits per heavy atom. The van der Waals surface area contributed by atoms with Gasteiger partial charge in [0.2, 0.25) is 0 Å². The number of hydrogen-bond donors (Lipinski definition) is 2. The van der Waals surface area contributed by atoms with Gasteiger partial charge >= 0.3 is 0 Å². The van der Waals surface area contributed by atoms with Crippen molar-refractivity contribution in [3.63, 3.8) is 0 Å². The lowest BCUT2D eigenvalue weighted by atomic mass is 10.1. The van der Waals surface area contributed by atoms with Gasteiger partial charge in [-0.3, -0.25) is 4.98 Å². The largest absolute Gasteiger partial charge is 0.399 e. The highest BCUT2D eigenvalue weighted by molar-refractivity contribution is 5.38. The van der Waals surface area contributed by atoms with Crippen LogP contribution >= 0.6 is 0 Å². The molecule has 4 N–H and O–H groups in total. The normalized spacial score (nSPS) is 12.4. The Hall–Kier alpha value is -1.35. The van der Waals surface area contributed by atoms with Crippen molar-refractivity contribution in [1.82, 2.24) is 4.98 Å². The lowest BCUT2D eigenvalue weighted by molar-refractivity contribution is 0.714. The van der Waals surface area contributed by atoms with E-state index in [4.69, 9.17) is 11.5 Å². The van der Waals surface area contributed by atoms with Gasteiger partial charge in [0.1, 0.15) is 0 Å². The van der Waals surface area contributed by atoms with E-state index in [1.165, 1.54) is 0 Å². The van der Waals surface area contributed by atoms with Crippen LogP contribution in [-0.4, -0.2) is 4.98 Å². The van der Waals surface area contributed by atoms with Gasteiger partial charge in [0.05, 0.1) is 11.7 Å². The smallest absolute Gasteiger partial charge is 0.0594 e. The number of nitrogens with zero attached hydrogens (tertiary/aromatic N) is 1. The fraction of sp³-hybridized carbons (Fsp3) is 0.222. The first-order valence-corrected chi connectivity index (χ1v) is 3.82. The average Bonchev–Trinajstić information content (AvgIpc) is 2.05. The molecular weight excluding hydrogens is 150 g/mol. The quantitative estimate of drug-likeness (QED) is 0.659. The van der Waals surface area contributed by atoms with Crippen molar-refractivity contribution < 1.29 is 0 Å². The van der Waals surface area contributed by atoms with Crippen molar-refractivity contribution in [2.24, 2.45) is 5.73 Å². The topological polar surface area (TPSA) is 64.9 Å². The standard InChI is InChI=1S/C9H13N3/c1-2-3-8(11)9-6-7(10)4-5-12-9/h2,4-6,8H,1,3,11H2,(H2,10,12)/t8-/m0/s1. The Bertz CT molecular complexity index is 270. The third kappa shape index (κ3) is 2.07. The van der Waals surface area contributed by atoms with Crippen LogP contribution in [0.3, 0.4) is 0 Å². The average molecular weight is 163 g/mol. The summed E-state index contributed by atoms with van der Waals surface area (Å²) in [5, 5.41) is 0. The van der Waals surface area contributed by atoms with Gasteiger partial charge in [-0.05, 0) is 18.6 Å². The summed E-state index contributed by atoms with van der Waals surface area (Å²) in [4.78, 5) is 4.11. The van der Waals surface area contributed by atoms with Crippen molar-refractivity contribution >= 4 is 5.69 Å². The van der Waals surface area contributed by atoms with Crippen LogP contribution in [-0.2, 0) is 0 Å². The highest BCUT2D eigenvalue weighted by Gasteiger charge is 2.04. The Morgan fingerprint density at radius 3 is 3.00 bits per heavy atom. The summed E-state index contributed by atoms with van der Waals surface area (Å²) in [6.45, 7) is 3.61. The van der Waals surface area contributed by atoms with Crippen LogP contribution in [0.15, 0.2) is 31.0 Å². The number of anilines is 1. The highest BCUT2D eigenvalue weighted by atomic mass is 14.8. The maximum absolute atomic E-state index is 5.79. The molecular formula is C9H13N3. The second-order valence-corrected chi connectivity index (χ2v) is 2.64. The molecule has 1 aromatic heterocycles. The molecule has 0 bridgehead atoms. The van der Waals surface area contributed by atoms with Crippen molar-refractivity contribution in [1.29, 1.82) is 0 Å². The van der Waals surface area contributed by atoms with Gasteiger partial charge in [0.15, 0.2) is 0 Å². The van der Waals surface area contributed by atoms with Gasteiger partial charge in [-0.1, -0.05) is 6.08 Å². The number of nitrogen functional groups attached to an aromatic ring is 1. The molecule has 0 aliphatic rings. The maximum atomic E-state index is 5.79. The lowest BCUT2D eigenvalue weighted by Crippen LogP contribution is -2.11. The molecule has 0 aliphatic heterocycles. The van der Waals surface area contributed by atoms with Crippen LogP contribution in [0.1, 0.15) is 18.2 Å². The van der Waals surface area contributed by atoms with E-state index in [0.717, 1.165) is 12.1 Å². The van der Waals surface area contributed by atoms with Gasteiger partial charge in [-0.15, -0.1) is 6.58 Å². The van der Waals surface area contributed by atoms with Crippen LogP contribution in [0.2, 0.25) is 0 Å². The Kier molecular flexibility index (Phi) is 2.82. The first kappa shape index (κ1) is 8.74. The number of nitrogens with two attached hydrogens (primary N) is 2. The minimum Gasteiger partial charge on any atom is -0.399 e. The molecule has 12 heavy (non-hydrogen) atoms. The van der Waals surface area contributed by atoms with Crippen molar-refractivity contribution in [3.05, 3.63) is 36.7 Å². The van der Waals surface area contributed by atoms with Crippen LogP contribution in [0.5, 0.6) is 0 Å². The molecule has 1 heterocycles. The molecule has 0 amide bonds. The second kappa shape index (κ2) is 3.88. The minimum absolute atomic E-state index is 0.0917. The molecule has 0 unspecified atom stereocenters. The van der Waals surface area contributed by atoms with E-state index in [1.807, 2.05) is 0 Å². The molecule has 0 saturated heterocycles. The first-order valence-electron chi connectivity index (χ1n) is 3.82. The zero-order chi connectivity index (χ0) is 8.97. The second-order valence-electron chi connectivity index (χ2n) is 2.64. The summed E-state index contributed by atoms with van der Waals surface area (Å²) in [5.74, 6) is 0. The summed E-state index contributed by atoms with van der Waals surface area (Å²) < 4.78 is 0. The van der Waals surface area contributed by atoms with Crippen molar-refractivity contribution in [3.8, 4) is 0 Å². The van der Waals surface area contributed by atoms with Gasteiger partial charge in [-0.2, -0.15) is 0 Å². The number of rotatable bonds is 3. The van der Waals surface area contributed by atoms with E-state index in [-0.39, 0.29) is 6.04 Å². The van der Waals surface area contributed by atoms with Crippen LogP contribution in [0, 0.1) is 0 Å². The molecule has 0 fully saturated rings. The van der Waals surface area contributed by atoms with Gasteiger partial charge in [0, 0.05) is 11.9 Å². The predicted octanol–water partition coefficient (Wildman–Crippen LogP) is 1.24. The molecule has 1 aromatic rings. The van der Waals surface area contributed by atoms with Crippen molar-refractivity contribution in [2.45, 2.75) is 12.5 Å². The van der Waals surface area contributed by atoms with E-state index in [9.17, 15) is 0 Å². The first-order chi connectivity index (χ1) is 5.74. The molecule has 64 valence electrons. The fourth-order valence-electron chi connectivity index (χ4n) is 0.969. The SMILES string of the molecule is C=CC[C@H](N)c1cc(N)ccn1. The summed E-state index contributed by atoms with van der Waals surface area (Å²) in [6, 6.07) is 3.43. The number of aromatic nitrogens is 1. The van der Waals surface area contributed by atoms with Crippen LogP contribution in [0.25, 0.3) is 0 Å².